The molecular formula is C31H34N4O7. The minimum absolute atomic E-state index is 0.0809. The largest absolute Gasteiger partial charge is 0.497 e. The van der Waals surface area contributed by atoms with E-state index in [2.05, 4.69) is 10.2 Å². The van der Waals surface area contributed by atoms with Gasteiger partial charge in [0.25, 0.3) is 0 Å². The molecule has 0 radical (unpaired) electrons. The Morgan fingerprint density at radius 2 is 1.71 bits per heavy atom. The molecule has 2 aliphatic rings. The van der Waals surface area contributed by atoms with Crippen LogP contribution in [0.2, 0.25) is 0 Å². The lowest BCUT2D eigenvalue weighted by Crippen LogP contribution is -2.52. The lowest BCUT2D eigenvalue weighted by atomic mass is 9.70. The summed E-state index contributed by atoms with van der Waals surface area (Å²) in [5.74, 6) is 0.225. The maximum atomic E-state index is 13.0. The van der Waals surface area contributed by atoms with Gasteiger partial charge in [0, 0.05) is 24.6 Å². The molecule has 4 aromatic rings. The number of aliphatic hydroxyl groups is 2. The van der Waals surface area contributed by atoms with Gasteiger partial charge in [0.1, 0.15) is 35.7 Å². The topological polar surface area (TPSA) is 146 Å². The number of ether oxygens (including phenoxy) is 4. The van der Waals surface area contributed by atoms with Gasteiger partial charge in [-0.3, -0.25) is 0 Å². The van der Waals surface area contributed by atoms with Gasteiger partial charge in [-0.15, -0.1) is 5.10 Å². The third-order valence-corrected chi connectivity index (χ3v) is 8.27. The molecule has 220 valence electrons. The van der Waals surface area contributed by atoms with E-state index < -0.39 is 29.1 Å². The van der Waals surface area contributed by atoms with Crippen LogP contribution in [0.4, 0.5) is 6.01 Å². The van der Waals surface area contributed by atoms with Crippen molar-refractivity contribution in [2.75, 3.05) is 47.2 Å². The number of nitrogen functional groups attached to an aromatic ring is 1. The summed E-state index contributed by atoms with van der Waals surface area (Å²) in [7, 11) is 7.01. The molecule has 5 atom stereocenters. The van der Waals surface area contributed by atoms with E-state index in [9.17, 15) is 10.2 Å². The number of aliphatic hydroxyl groups excluding tert-OH is 1. The van der Waals surface area contributed by atoms with Gasteiger partial charge in [-0.2, -0.15) is 0 Å². The summed E-state index contributed by atoms with van der Waals surface area (Å²) in [5, 5.41) is 33.3. The quantitative estimate of drug-likeness (QED) is 0.271. The molecule has 0 amide bonds. The first-order chi connectivity index (χ1) is 20.2. The summed E-state index contributed by atoms with van der Waals surface area (Å²) < 4.78 is 29.9. The van der Waals surface area contributed by atoms with Gasteiger partial charge in [0.15, 0.2) is 11.2 Å². The molecule has 3 aromatic carbocycles. The molecular weight excluding hydrogens is 540 g/mol. The Bertz CT molecular complexity index is 1560. The summed E-state index contributed by atoms with van der Waals surface area (Å²) in [6.45, 7) is 1.13. The maximum Gasteiger partial charge on any atom is 0.312 e. The fraction of sp³-hybridized carbons (Fsp3) is 0.355. The zero-order valence-corrected chi connectivity index (χ0v) is 23.9. The molecule has 6 rings (SSSR count). The molecule has 5 unspecified atom stereocenters. The van der Waals surface area contributed by atoms with Crippen molar-refractivity contribution >= 4 is 6.01 Å². The number of fused-ring (bicyclic) bond motifs is 3. The Morgan fingerprint density at radius 1 is 0.976 bits per heavy atom. The standard InChI is InChI=1S/C31H34N4O7/c1-35(2)14-15-40-21-16-22(39-4)26-23(17-21)42-31(19-10-12-20(38-3)13-11-19)25(18-8-6-5-7-9-18)24(27(36)30(26,31)37)28-33-34-29(32)41-28/h5-13,16-17,24-25,27,36-37H,14-15H2,1-4H3,(H2,32,34). The molecule has 0 spiro atoms. The normalized spacial score (nSPS) is 26.0. The highest BCUT2D eigenvalue weighted by Crippen LogP contribution is 2.72. The Kier molecular flexibility index (Phi) is 6.96. The fourth-order valence-corrected chi connectivity index (χ4v) is 6.47. The van der Waals surface area contributed by atoms with Crippen molar-refractivity contribution in [2.24, 2.45) is 0 Å². The van der Waals surface area contributed by atoms with Gasteiger partial charge >= 0.3 is 6.01 Å². The van der Waals surface area contributed by atoms with Crippen LogP contribution in [0.15, 0.2) is 71.1 Å². The minimum atomic E-state index is -2.04. The van der Waals surface area contributed by atoms with Crippen LogP contribution in [0.1, 0.15) is 34.4 Å². The van der Waals surface area contributed by atoms with E-state index in [-0.39, 0.29) is 11.9 Å². The van der Waals surface area contributed by atoms with E-state index in [0.29, 0.717) is 47.3 Å². The van der Waals surface area contributed by atoms with Crippen molar-refractivity contribution in [3.8, 4) is 23.0 Å². The monoisotopic (exact) mass is 574 g/mol. The molecule has 0 saturated heterocycles. The summed E-state index contributed by atoms with van der Waals surface area (Å²) in [6.07, 6.45) is -1.49. The van der Waals surface area contributed by atoms with E-state index in [1.165, 1.54) is 7.11 Å². The summed E-state index contributed by atoms with van der Waals surface area (Å²) in [5.41, 5.74) is 3.88. The van der Waals surface area contributed by atoms with Gasteiger partial charge < -0.3 is 44.2 Å². The molecule has 2 heterocycles. The number of benzene rings is 3. The van der Waals surface area contributed by atoms with E-state index >= 15 is 0 Å². The van der Waals surface area contributed by atoms with Crippen LogP contribution in [-0.2, 0) is 11.2 Å². The van der Waals surface area contributed by atoms with Gasteiger partial charge in [0.05, 0.1) is 25.7 Å². The molecule has 1 aliphatic heterocycles. The Morgan fingerprint density at radius 3 is 2.33 bits per heavy atom. The van der Waals surface area contributed by atoms with Crippen LogP contribution in [0.3, 0.4) is 0 Å². The van der Waals surface area contributed by atoms with Crippen LogP contribution >= 0.6 is 0 Å². The van der Waals surface area contributed by atoms with Crippen LogP contribution in [0, 0.1) is 0 Å². The Balaban J connectivity index is 1.62. The van der Waals surface area contributed by atoms with Crippen LogP contribution in [0.5, 0.6) is 23.0 Å². The zero-order chi connectivity index (χ0) is 29.6. The number of likely N-dealkylation sites (N-methyl/N-ethyl adjacent to an activating group) is 1. The first kappa shape index (κ1) is 27.8. The average molecular weight is 575 g/mol. The predicted molar refractivity (Wildman–Crippen MR) is 153 cm³/mol. The van der Waals surface area contributed by atoms with Gasteiger partial charge in [0.2, 0.25) is 5.89 Å². The van der Waals surface area contributed by atoms with E-state index in [1.54, 1.807) is 31.4 Å². The van der Waals surface area contributed by atoms with Crippen molar-refractivity contribution in [2.45, 2.75) is 29.1 Å². The SMILES string of the molecule is COc1ccc(C23Oc4cc(OCCN(C)C)cc(OC)c4C2(O)C(O)C(c2nnc(N)o2)C3c2ccccc2)cc1. The molecule has 1 fully saturated rings. The highest BCUT2D eigenvalue weighted by molar-refractivity contribution is 5.63. The lowest BCUT2D eigenvalue weighted by Gasteiger charge is -2.40. The molecule has 42 heavy (non-hydrogen) atoms. The molecule has 4 N–H and O–H groups in total. The van der Waals surface area contributed by atoms with Crippen molar-refractivity contribution in [3.05, 3.63) is 89.3 Å². The number of aromatic nitrogens is 2. The van der Waals surface area contributed by atoms with Gasteiger partial charge in [-0.05, 0) is 37.4 Å². The fourth-order valence-electron chi connectivity index (χ4n) is 6.47. The first-order valence-electron chi connectivity index (χ1n) is 13.6. The highest BCUT2D eigenvalue weighted by atomic mass is 16.5. The number of hydrogen-bond acceptors (Lipinski definition) is 11. The second kappa shape index (κ2) is 10.5. The van der Waals surface area contributed by atoms with Gasteiger partial charge in [-0.25, -0.2) is 0 Å². The summed E-state index contributed by atoms with van der Waals surface area (Å²) in [6, 6.07) is 20.0. The Labute approximate surface area is 243 Å². The molecule has 0 bridgehead atoms. The molecule has 1 saturated carbocycles. The summed E-state index contributed by atoms with van der Waals surface area (Å²) >= 11 is 0. The number of nitrogens with two attached hydrogens (primary N) is 1. The highest BCUT2D eigenvalue weighted by Gasteiger charge is 2.78. The van der Waals surface area contributed by atoms with Gasteiger partial charge in [-0.1, -0.05) is 47.6 Å². The number of methoxy groups -OCH3 is 2. The van der Waals surface area contributed by atoms with E-state index in [0.717, 1.165) is 5.56 Å². The lowest BCUT2D eigenvalue weighted by molar-refractivity contribution is -0.151. The second-order valence-electron chi connectivity index (χ2n) is 10.8. The first-order valence-corrected chi connectivity index (χ1v) is 13.6. The van der Waals surface area contributed by atoms with E-state index in [1.807, 2.05) is 61.5 Å². The average Bonchev–Trinajstić information content (AvgIpc) is 3.60. The van der Waals surface area contributed by atoms with Crippen molar-refractivity contribution < 1.29 is 33.6 Å². The molecule has 1 aromatic heterocycles. The van der Waals surface area contributed by atoms with Crippen LogP contribution in [-0.4, -0.2) is 72.9 Å². The van der Waals surface area contributed by atoms with Crippen molar-refractivity contribution in [1.82, 2.24) is 15.1 Å². The minimum Gasteiger partial charge on any atom is -0.497 e. The molecule has 1 aliphatic carbocycles. The molecule has 11 nitrogen and oxygen atoms in total. The predicted octanol–water partition coefficient (Wildman–Crippen LogP) is 3.03. The number of hydrogen-bond donors (Lipinski definition) is 3. The van der Waals surface area contributed by atoms with Crippen molar-refractivity contribution in [1.29, 1.82) is 0 Å². The smallest absolute Gasteiger partial charge is 0.312 e. The zero-order valence-electron chi connectivity index (χ0n) is 23.9. The Hall–Kier alpha value is -4.32. The third-order valence-electron chi connectivity index (χ3n) is 8.27. The third kappa shape index (κ3) is 4.07. The van der Waals surface area contributed by atoms with Crippen molar-refractivity contribution in [3.63, 3.8) is 0 Å². The number of rotatable bonds is 9. The summed E-state index contributed by atoms with van der Waals surface area (Å²) in [4.78, 5) is 2.01. The van der Waals surface area contributed by atoms with Crippen LogP contribution in [0.25, 0.3) is 0 Å². The maximum absolute atomic E-state index is 13.0. The van der Waals surface area contributed by atoms with E-state index in [4.69, 9.17) is 29.1 Å². The number of nitrogens with zero attached hydrogens (tertiary/aromatic N) is 3. The molecule has 11 heteroatoms. The van der Waals surface area contributed by atoms with Crippen LogP contribution < -0.4 is 24.7 Å². The second-order valence-corrected chi connectivity index (χ2v) is 10.8. The number of anilines is 1.